The Morgan fingerprint density at radius 1 is 1.45 bits per heavy atom. The number of hydrogen-bond acceptors (Lipinski definition) is 2. The Morgan fingerprint density at radius 2 is 2.10 bits per heavy atom. The molecule has 1 heterocycles. The minimum atomic E-state index is -0.285. The third-order valence-electron chi connectivity index (χ3n) is 3.20. The van der Waals surface area contributed by atoms with Crippen LogP contribution in [0.3, 0.4) is 0 Å². The maximum atomic E-state index is 11.9. The van der Waals surface area contributed by atoms with Crippen molar-refractivity contribution in [3.8, 4) is 0 Å². The summed E-state index contributed by atoms with van der Waals surface area (Å²) >= 11 is 0. The Kier molecular flexibility index (Phi) is 5.19. The van der Waals surface area contributed by atoms with Gasteiger partial charge in [0.05, 0.1) is 11.6 Å². The van der Waals surface area contributed by atoms with Gasteiger partial charge in [0.25, 0.3) is 0 Å². The van der Waals surface area contributed by atoms with Crippen molar-refractivity contribution in [2.45, 2.75) is 33.6 Å². The van der Waals surface area contributed by atoms with E-state index in [-0.39, 0.29) is 17.2 Å². The number of aliphatic imine (C=N–C) groups is 2. The molecule has 4 nitrogen and oxygen atoms in total. The highest BCUT2D eigenvalue weighted by Gasteiger charge is 2.26. The molecule has 1 atom stereocenters. The van der Waals surface area contributed by atoms with E-state index in [2.05, 4.69) is 35.0 Å². The van der Waals surface area contributed by atoms with E-state index in [4.69, 9.17) is 0 Å². The second kappa shape index (κ2) is 6.46. The van der Waals surface area contributed by atoms with Crippen molar-refractivity contribution in [3.05, 3.63) is 37.2 Å². The first kappa shape index (κ1) is 16.1. The van der Waals surface area contributed by atoms with Gasteiger partial charge >= 0.3 is 0 Å². The number of carbonyl (C=O) groups excluding carboxylic acids is 1. The summed E-state index contributed by atoms with van der Waals surface area (Å²) in [7, 11) is 0. The second-order valence-corrected chi connectivity index (χ2v) is 5.88. The molecule has 0 aliphatic carbocycles. The summed E-state index contributed by atoms with van der Waals surface area (Å²) in [5.41, 5.74) is 2.02. The molecule has 20 heavy (non-hydrogen) atoms. The smallest absolute Gasteiger partial charge is 0.233 e. The molecule has 0 spiro atoms. The molecule has 4 heteroatoms. The lowest BCUT2D eigenvalue weighted by atomic mass is 9.92. The largest absolute Gasteiger partial charge is 0.330 e. The summed E-state index contributed by atoms with van der Waals surface area (Å²) in [5, 5.41) is 2.74. The van der Waals surface area contributed by atoms with E-state index in [9.17, 15) is 4.79 Å². The fraction of sp³-hybridized carbons (Fsp3) is 0.438. The van der Waals surface area contributed by atoms with Crippen LogP contribution in [-0.4, -0.2) is 18.0 Å². The Labute approximate surface area is 121 Å². The molecule has 0 radical (unpaired) electrons. The topological polar surface area (TPSA) is 53.8 Å². The zero-order chi connectivity index (χ0) is 15.3. The molecule has 0 aromatic heterocycles. The highest BCUT2D eigenvalue weighted by atomic mass is 16.2. The molecule has 0 aromatic rings. The van der Waals surface area contributed by atoms with Crippen molar-refractivity contribution in [1.82, 2.24) is 5.32 Å². The fourth-order valence-corrected chi connectivity index (χ4v) is 1.70. The number of nitrogens with one attached hydrogen (secondary N) is 1. The van der Waals surface area contributed by atoms with Gasteiger partial charge in [0.15, 0.2) is 0 Å². The van der Waals surface area contributed by atoms with Crippen LogP contribution < -0.4 is 5.32 Å². The van der Waals surface area contributed by atoms with Crippen LogP contribution in [0.2, 0.25) is 0 Å². The Balaban J connectivity index is 2.81. The van der Waals surface area contributed by atoms with Crippen LogP contribution in [0.5, 0.6) is 0 Å². The maximum Gasteiger partial charge on any atom is 0.233 e. The van der Waals surface area contributed by atoms with E-state index in [0.717, 1.165) is 17.8 Å². The highest BCUT2D eigenvalue weighted by Crippen LogP contribution is 2.24. The number of hydrogen-bond donors (Lipinski definition) is 1. The van der Waals surface area contributed by atoms with Gasteiger partial charge in [0, 0.05) is 16.8 Å². The van der Waals surface area contributed by atoms with Crippen LogP contribution in [0.4, 0.5) is 0 Å². The van der Waals surface area contributed by atoms with Gasteiger partial charge in [-0.05, 0) is 18.9 Å². The molecule has 1 aliphatic heterocycles. The fourth-order valence-electron chi connectivity index (χ4n) is 1.70. The van der Waals surface area contributed by atoms with E-state index in [1.54, 1.807) is 6.08 Å². The standard InChI is InChI=1S/C16H23N3O/c1-7-14(13-9-8-11(2)19-15(13)20)18-10-17-12(3)16(4,5)6/h7,10,13H,1-3,8-9H2,4-6H3,(H,19,20)/b17-10-,18-14+. The molecule has 1 unspecified atom stereocenters. The minimum absolute atomic E-state index is 0.0806. The zero-order valence-corrected chi connectivity index (χ0v) is 12.6. The average molecular weight is 273 g/mol. The molecule has 1 aliphatic rings. The third-order valence-corrected chi connectivity index (χ3v) is 3.20. The maximum absolute atomic E-state index is 11.9. The van der Waals surface area contributed by atoms with Crippen molar-refractivity contribution in [2.75, 3.05) is 0 Å². The van der Waals surface area contributed by atoms with E-state index < -0.39 is 0 Å². The van der Waals surface area contributed by atoms with Gasteiger partial charge in [0.2, 0.25) is 5.91 Å². The Hall–Kier alpha value is -1.97. The first-order valence-corrected chi connectivity index (χ1v) is 6.66. The number of carbonyl (C=O) groups is 1. The van der Waals surface area contributed by atoms with Gasteiger partial charge in [-0.1, -0.05) is 40.5 Å². The van der Waals surface area contributed by atoms with Gasteiger partial charge in [0.1, 0.15) is 6.34 Å². The summed E-state index contributed by atoms with van der Waals surface area (Å²) in [5.74, 6) is -0.365. The minimum Gasteiger partial charge on any atom is -0.330 e. The van der Waals surface area contributed by atoms with Crippen molar-refractivity contribution >= 4 is 18.0 Å². The Morgan fingerprint density at radius 3 is 2.60 bits per heavy atom. The van der Waals surface area contributed by atoms with Gasteiger partial charge in [-0.25, -0.2) is 9.98 Å². The molecule has 0 saturated carbocycles. The summed E-state index contributed by atoms with van der Waals surface area (Å²) in [6, 6.07) is 0. The number of nitrogens with zero attached hydrogens (tertiary/aromatic N) is 2. The quantitative estimate of drug-likeness (QED) is 0.620. The van der Waals surface area contributed by atoms with E-state index in [1.807, 2.05) is 20.8 Å². The van der Waals surface area contributed by atoms with Gasteiger partial charge in [-0.3, -0.25) is 4.79 Å². The number of amides is 1. The summed E-state index contributed by atoms with van der Waals surface area (Å²) < 4.78 is 0. The molecular formula is C16H23N3O. The molecule has 108 valence electrons. The monoisotopic (exact) mass is 273 g/mol. The normalized spacial score (nSPS) is 20.9. The number of piperidine rings is 1. The van der Waals surface area contributed by atoms with Crippen LogP contribution in [0, 0.1) is 11.3 Å². The van der Waals surface area contributed by atoms with Crippen LogP contribution in [0.15, 0.2) is 47.2 Å². The molecule has 1 amide bonds. The van der Waals surface area contributed by atoms with Gasteiger partial charge in [-0.15, -0.1) is 0 Å². The first-order valence-electron chi connectivity index (χ1n) is 6.66. The highest BCUT2D eigenvalue weighted by molar-refractivity contribution is 6.12. The lowest BCUT2D eigenvalue weighted by Crippen LogP contribution is -2.38. The lowest BCUT2D eigenvalue weighted by molar-refractivity contribution is -0.123. The van der Waals surface area contributed by atoms with Crippen molar-refractivity contribution < 1.29 is 4.79 Å². The molecule has 0 aromatic carbocycles. The molecule has 1 saturated heterocycles. The number of allylic oxidation sites excluding steroid dienone is 3. The molecular weight excluding hydrogens is 250 g/mol. The second-order valence-electron chi connectivity index (χ2n) is 5.88. The summed E-state index contributed by atoms with van der Waals surface area (Å²) in [4.78, 5) is 20.4. The first-order chi connectivity index (χ1) is 9.25. The predicted molar refractivity (Wildman–Crippen MR) is 84.7 cm³/mol. The van der Waals surface area contributed by atoms with Crippen molar-refractivity contribution in [2.24, 2.45) is 21.3 Å². The van der Waals surface area contributed by atoms with Crippen LogP contribution in [0.25, 0.3) is 0 Å². The molecule has 1 rings (SSSR count). The van der Waals surface area contributed by atoms with E-state index >= 15 is 0 Å². The molecule has 1 fully saturated rings. The summed E-state index contributed by atoms with van der Waals surface area (Å²) in [6.45, 7) is 17.5. The Bertz CT molecular complexity index is 492. The van der Waals surface area contributed by atoms with Gasteiger partial charge < -0.3 is 5.32 Å². The van der Waals surface area contributed by atoms with Crippen LogP contribution >= 0.6 is 0 Å². The predicted octanol–water partition coefficient (Wildman–Crippen LogP) is 3.24. The molecule has 1 N–H and O–H groups in total. The van der Waals surface area contributed by atoms with Crippen molar-refractivity contribution in [3.63, 3.8) is 0 Å². The zero-order valence-electron chi connectivity index (χ0n) is 12.6. The number of rotatable bonds is 4. The van der Waals surface area contributed by atoms with Crippen molar-refractivity contribution in [1.29, 1.82) is 0 Å². The SMILES string of the molecule is C=C/C(=N\C=N/C(=C)C(C)(C)C)C1CCC(=C)NC1=O. The van der Waals surface area contributed by atoms with E-state index in [0.29, 0.717) is 12.1 Å². The van der Waals surface area contributed by atoms with Crippen LogP contribution in [0.1, 0.15) is 33.6 Å². The van der Waals surface area contributed by atoms with Crippen LogP contribution in [-0.2, 0) is 4.79 Å². The summed E-state index contributed by atoms with van der Waals surface area (Å²) in [6.07, 6.45) is 4.50. The average Bonchev–Trinajstić information content (AvgIpc) is 2.34. The van der Waals surface area contributed by atoms with Gasteiger partial charge in [-0.2, -0.15) is 0 Å². The lowest BCUT2D eigenvalue weighted by Gasteiger charge is -2.23. The third kappa shape index (κ3) is 4.30. The molecule has 0 bridgehead atoms. The van der Waals surface area contributed by atoms with E-state index in [1.165, 1.54) is 6.34 Å².